The van der Waals surface area contributed by atoms with Gasteiger partial charge in [0.2, 0.25) is 5.91 Å². The quantitative estimate of drug-likeness (QED) is 0.865. The topological polar surface area (TPSA) is 72.9 Å². The zero-order valence-corrected chi connectivity index (χ0v) is 11.8. The molecule has 3 N–H and O–H groups in total. The van der Waals surface area contributed by atoms with Crippen molar-refractivity contribution in [3.63, 3.8) is 0 Å². The normalized spacial score (nSPS) is 12.2. The highest BCUT2D eigenvalue weighted by atomic mass is 16.1. The molecule has 20 heavy (non-hydrogen) atoms. The van der Waals surface area contributed by atoms with E-state index in [-0.39, 0.29) is 18.4 Å². The van der Waals surface area contributed by atoms with Gasteiger partial charge in [-0.1, -0.05) is 30.3 Å². The van der Waals surface area contributed by atoms with Crippen LogP contribution in [-0.2, 0) is 18.4 Å². The first-order valence-corrected chi connectivity index (χ1v) is 6.62. The summed E-state index contributed by atoms with van der Waals surface area (Å²) in [5.41, 5.74) is 9.07. The van der Waals surface area contributed by atoms with Crippen LogP contribution in [0.15, 0.2) is 36.5 Å². The lowest BCUT2D eigenvalue weighted by Crippen LogP contribution is -2.27. The van der Waals surface area contributed by atoms with Gasteiger partial charge in [0.05, 0.1) is 6.20 Å². The molecule has 0 radical (unpaired) electrons. The fourth-order valence-electron chi connectivity index (χ4n) is 2.00. The molecule has 0 bridgehead atoms. The number of rotatable bonds is 5. The third kappa shape index (κ3) is 3.45. The van der Waals surface area contributed by atoms with Crippen molar-refractivity contribution in [3.8, 4) is 0 Å². The van der Waals surface area contributed by atoms with Crippen LogP contribution in [-0.4, -0.2) is 15.7 Å². The van der Waals surface area contributed by atoms with Crippen molar-refractivity contribution in [2.24, 2.45) is 12.8 Å². The summed E-state index contributed by atoms with van der Waals surface area (Å²) in [7, 11) is 1.88. The van der Waals surface area contributed by atoms with Gasteiger partial charge < -0.3 is 11.1 Å². The van der Waals surface area contributed by atoms with Gasteiger partial charge in [-0.15, -0.1) is 0 Å². The van der Waals surface area contributed by atoms with Gasteiger partial charge in [-0.05, 0) is 12.5 Å². The highest BCUT2D eigenvalue weighted by Gasteiger charge is 2.12. The number of benzene rings is 1. The van der Waals surface area contributed by atoms with Gasteiger partial charge in [0.15, 0.2) is 0 Å². The van der Waals surface area contributed by atoms with Gasteiger partial charge in [-0.25, -0.2) is 0 Å². The molecule has 1 amide bonds. The lowest BCUT2D eigenvalue weighted by atomic mass is 10.0. The number of nitrogens with zero attached hydrogens (tertiary/aromatic N) is 2. The number of hydrogen-bond acceptors (Lipinski definition) is 3. The molecule has 0 spiro atoms. The summed E-state index contributed by atoms with van der Waals surface area (Å²) in [6, 6.07) is 9.37. The predicted molar refractivity (Wildman–Crippen MR) is 77.8 cm³/mol. The Morgan fingerprint density at radius 2 is 2.10 bits per heavy atom. The molecular formula is C15H20N4O. The lowest BCUT2D eigenvalue weighted by molar-refractivity contribution is -0.121. The summed E-state index contributed by atoms with van der Waals surface area (Å²) in [4.78, 5) is 11.9. The fraction of sp³-hybridized carbons (Fsp3) is 0.333. The minimum Gasteiger partial charge on any atom is -0.352 e. The summed E-state index contributed by atoms with van der Waals surface area (Å²) in [5.74, 6) is -0.0513. The van der Waals surface area contributed by atoms with Crippen molar-refractivity contribution in [2.45, 2.75) is 25.9 Å². The maximum atomic E-state index is 11.9. The van der Waals surface area contributed by atoms with Crippen molar-refractivity contribution in [1.82, 2.24) is 15.1 Å². The molecule has 106 valence electrons. The Bertz CT molecular complexity index is 577. The van der Waals surface area contributed by atoms with Crippen LogP contribution >= 0.6 is 0 Å². The molecule has 0 aliphatic carbocycles. The number of nitrogens with two attached hydrogens (primary N) is 1. The van der Waals surface area contributed by atoms with Gasteiger partial charge in [-0.3, -0.25) is 9.48 Å². The SMILES string of the molecule is Cc1c(CNC(=O)C[C@H](N)c2ccccc2)cnn1C. The number of aromatic nitrogens is 2. The molecule has 1 atom stereocenters. The van der Waals surface area contributed by atoms with E-state index in [1.54, 1.807) is 10.9 Å². The number of nitrogens with one attached hydrogen (secondary N) is 1. The fourth-order valence-corrected chi connectivity index (χ4v) is 2.00. The van der Waals surface area contributed by atoms with Crippen molar-refractivity contribution in [3.05, 3.63) is 53.3 Å². The summed E-state index contributed by atoms with van der Waals surface area (Å²) in [6.07, 6.45) is 2.05. The molecule has 0 aliphatic heterocycles. The molecule has 0 saturated carbocycles. The molecule has 5 nitrogen and oxygen atoms in total. The van der Waals surface area contributed by atoms with E-state index in [2.05, 4.69) is 10.4 Å². The van der Waals surface area contributed by atoms with Gasteiger partial charge in [0.25, 0.3) is 0 Å². The molecule has 2 rings (SSSR count). The van der Waals surface area contributed by atoms with Gasteiger partial charge in [0, 0.05) is 37.3 Å². The predicted octanol–water partition coefficient (Wildman–Crippen LogP) is 1.43. The van der Waals surface area contributed by atoms with E-state index < -0.39 is 0 Å². The number of aryl methyl sites for hydroxylation is 1. The third-order valence-electron chi connectivity index (χ3n) is 3.45. The van der Waals surface area contributed by atoms with Gasteiger partial charge in [0.1, 0.15) is 0 Å². The number of hydrogen-bond donors (Lipinski definition) is 2. The standard InChI is InChI=1S/C15H20N4O/c1-11-13(10-18-19(11)2)9-17-15(20)8-14(16)12-6-4-3-5-7-12/h3-7,10,14H,8-9,16H2,1-2H3,(H,17,20)/t14-/m0/s1. The Balaban J connectivity index is 1.85. The number of carbonyl (C=O) groups is 1. The Morgan fingerprint density at radius 1 is 1.40 bits per heavy atom. The lowest BCUT2D eigenvalue weighted by Gasteiger charge is -2.12. The molecule has 1 aromatic carbocycles. The molecule has 5 heteroatoms. The highest BCUT2D eigenvalue weighted by Crippen LogP contribution is 2.13. The molecule has 1 aromatic heterocycles. The molecular weight excluding hydrogens is 252 g/mol. The second-order valence-electron chi connectivity index (χ2n) is 4.88. The zero-order valence-electron chi connectivity index (χ0n) is 11.8. The minimum absolute atomic E-state index is 0.0513. The van der Waals surface area contributed by atoms with Crippen LogP contribution in [0.5, 0.6) is 0 Å². The Labute approximate surface area is 118 Å². The minimum atomic E-state index is -0.272. The van der Waals surface area contributed by atoms with E-state index in [1.807, 2.05) is 44.3 Å². The van der Waals surface area contributed by atoms with E-state index >= 15 is 0 Å². The van der Waals surface area contributed by atoms with Crippen molar-refractivity contribution in [1.29, 1.82) is 0 Å². The van der Waals surface area contributed by atoms with E-state index in [0.717, 1.165) is 16.8 Å². The monoisotopic (exact) mass is 272 g/mol. The van der Waals surface area contributed by atoms with E-state index in [4.69, 9.17) is 5.73 Å². The Morgan fingerprint density at radius 3 is 2.70 bits per heavy atom. The first-order chi connectivity index (χ1) is 9.58. The Hall–Kier alpha value is -2.14. The molecule has 1 heterocycles. The van der Waals surface area contributed by atoms with Crippen molar-refractivity contribution < 1.29 is 4.79 Å². The molecule has 0 unspecified atom stereocenters. The Kier molecular flexibility index (Phi) is 4.53. The first kappa shape index (κ1) is 14.3. The van der Waals surface area contributed by atoms with E-state index in [9.17, 15) is 4.79 Å². The maximum absolute atomic E-state index is 11.9. The molecule has 0 aliphatic rings. The summed E-state index contributed by atoms with van der Waals surface area (Å²) < 4.78 is 1.79. The van der Waals surface area contributed by atoms with Crippen LogP contribution in [0, 0.1) is 6.92 Å². The molecule has 0 saturated heterocycles. The van der Waals surface area contributed by atoms with E-state index in [1.165, 1.54) is 0 Å². The third-order valence-corrected chi connectivity index (χ3v) is 3.45. The second-order valence-corrected chi connectivity index (χ2v) is 4.88. The van der Waals surface area contributed by atoms with Crippen LogP contribution < -0.4 is 11.1 Å². The summed E-state index contributed by atoms with van der Waals surface area (Å²) in [6.45, 7) is 2.46. The van der Waals surface area contributed by atoms with Crippen molar-refractivity contribution in [2.75, 3.05) is 0 Å². The summed E-state index contributed by atoms with van der Waals surface area (Å²) >= 11 is 0. The zero-order chi connectivity index (χ0) is 14.5. The van der Waals surface area contributed by atoms with Gasteiger partial charge in [-0.2, -0.15) is 5.10 Å². The first-order valence-electron chi connectivity index (χ1n) is 6.62. The van der Waals surface area contributed by atoms with Crippen LogP contribution in [0.3, 0.4) is 0 Å². The number of amides is 1. The van der Waals surface area contributed by atoms with Crippen LogP contribution in [0.1, 0.15) is 29.3 Å². The highest BCUT2D eigenvalue weighted by molar-refractivity contribution is 5.76. The molecule has 0 fully saturated rings. The molecule has 2 aromatic rings. The largest absolute Gasteiger partial charge is 0.352 e. The second kappa shape index (κ2) is 6.34. The average molecular weight is 272 g/mol. The van der Waals surface area contributed by atoms with Crippen LogP contribution in [0.2, 0.25) is 0 Å². The van der Waals surface area contributed by atoms with Crippen molar-refractivity contribution >= 4 is 5.91 Å². The van der Waals surface area contributed by atoms with E-state index in [0.29, 0.717) is 6.54 Å². The van der Waals surface area contributed by atoms with Crippen LogP contribution in [0.4, 0.5) is 0 Å². The average Bonchev–Trinajstić information content (AvgIpc) is 2.77. The number of carbonyl (C=O) groups excluding carboxylic acids is 1. The van der Waals surface area contributed by atoms with Gasteiger partial charge >= 0.3 is 0 Å². The summed E-state index contributed by atoms with van der Waals surface area (Å²) in [5, 5.41) is 7.02. The smallest absolute Gasteiger partial charge is 0.222 e. The maximum Gasteiger partial charge on any atom is 0.222 e. The van der Waals surface area contributed by atoms with Crippen LogP contribution in [0.25, 0.3) is 0 Å².